The fourth-order valence-electron chi connectivity index (χ4n) is 1.25. The maximum Gasteiger partial charge on any atom is 0.119 e. The zero-order chi connectivity index (χ0) is 11.2. The SMILES string of the molecule is C=CCCOc1ccc(OCC2CO2)cc1. The van der Waals surface area contributed by atoms with Gasteiger partial charge in [-0.05, 0) is 30.7 Å². The number of hydrogen-bond acceptors (Lipinski definition) is 3. The first kappa shape index (κ1) is 11.0. The summed E-state index contributed by atoms with van der Waals surface area (Å²) in [5, 5.41) is 0. The molecule has 1 atom stereocenters. The number of rotatable bonds is 7. The standard InChI is InChI=1S/C13H16O3/c1-2-3-8-14-11-4-6-12(7-5-11)15-9-13-10-16-13/h2,4-7,13H,1,3,8-10H2. The van der Waals surface area contributed by atoms with Crippen LogP contribution in [0.2, 0.25) is 0 Å². The van der Waals surface area contributed by atoms with Gasteiger partial charge in [-0.15, -0.1) is 6.58 Å². The predicted octanol–water partition coefficient (Wildman–Crippen LogP) is 2.42. The molecule has 1 aromatic rings. The van der Waals surface area contributed by atoms with E-state index < -0.39 is 0 Å². The Labute approximate surface area is 95.6 Å². The summed E-state index contributed by atoms with van der Waals surface area (Å²) < 4.78 is 16.1. The first-order valence-corrected chi connectivity index (χ1v) is 5.46. The molecule has 1 aliphatic heterocycles. The van der Waals surface area contributed by atoms with Crippen molar-refractivity contribution in [1.29, 1.82) is 0 Å². The van der Waals surface area contributed by atoms with E-state index in [-0.39, 0.29) is 0 Å². The molecule has 3 heteroatoms. The van der Waals surface area contributed by atoms with Crippen LogP contribution in [0.4, 0.5) is 0 Å². The lowest BCUT2D eigenvalue weighted by atomic mass is 10.3. The lowest BCUT2D eigenvalue weighted by Gasteiger charge is -2.07. The minimum Gasteiger partial charge on any atom is -0.493 e. The van der Waals surface area contributed by atoms with Gasteiger partial charge in [0.15, 0.2) is 0 Å². The second-order valence-electron chi connectivity index (χ2n) is 3.66. The second kappa shape index (κ2) is 5.56. The van der Waals surface area contributed by atoms with Crippen LogP contribution in [0.3, 0.4) is 0 Å². The van der Waals surface area contributed by atoms with Gasteiger partial charge in [0.2, 0.25) is 0 Å². The highest BCUT2D eigenvalue weighted by atomic mass is 16.6. The summed E-state index contributed by atoms with van der Waals surface area (Å²) in [6.07, 6.45) is 2.99. The second-order valence-corrected chi connectivity index (χ2v) is 3.66. The van der Waals surface area contributed by atoms with Gasteiger partial charge in [0.1, 0.15) is 24.2 Å². The zero-order valence-corrected chi connectivity index (χ0v) is 9.22. The van der Waals surface area contributed by atoms with E-state index in [1.165, 1.54) is 0 Å². The summed E-state index contributed by atoms with van der Waals surface area (Å²) in [4.78, 5) is 0. The predicted molar refractivity (Wildman–Crippen MR) is 62.0 cm³/mol. The van der Waals surface area contributed by atoms with E-state index >= 15 is 0 Å². The van der Waals surface area contributed by atoms with Crippen LogP contribution < -0.4 is 9.47 Å². The van der Waals surface area contributed by atoms with Crippen LogP contribution in [-0.4, -0.2) is 25.9 Å². The van der Waals surface area contributed by atoms with Crippen molar-refractivity contribution in [2.75, 3.05) is 19.8 Å². The molecule has 86 valence electrons. The highest BCUT2D eigenvalue weighted by molar-refractivity contribution is 5.31. The van der Waals surface area contributed by atoms with Crippen molar-refractivity contribution in [3.05, 3.63) is 36.9 Å². The van der Waals surface area contributed by atoms with Crippen molar-refractivity contribution in [3.63, 3.8) is 0 Å². The maximum atomic E-state index is 5.51. The number of benzene rings is 1. The lowest BCUT2D eigenvalue weighted by Crippen LogP contribution is -2.03. The smallest absolute Gasteiger partial charge is 0.119 e. The lowest BCUT2D eigenvalue weighted by molar-refractivity contribution is 0.262. The molecule has 0 spiro atoms. The van der Waals surface area contributed by atoms with Gasteiger partial charge in [0.25, 0.3) is 0 Å². The molecule has 2 rings (SSSR count). The normalized spacial score (nSPS) is 17.9. The molecule has 0 aromatic heterocycles. The van der Waals surface area contributed by atoms with E-state index in [4.69, 9.17) is 14.2 Å². The van der Waals surface area contributed by atoms with Gasteiger partial charge < -0.3 is 14.2 Å². The molecule has 1 saturated heterocycles. The fourth-order valence-corrected chi connectivity index (χ4v) is 1.25. The van der Waals surface area contributed by atoms with Gasteiger partial charge in [0.05, 0.1) is 13.2 Å². The van der Waals surface area contributed by atoms with Crippen molar-refractivity contribution in [2.45, 2.75) is 12.5 Å². The molecule has 1 aliphatic rings. The van der Waals surface area contributed by atoms with Crippen LogP contribution in [-0.2, 0) is 4.74 Å². The quantitative estimate of drug-likeness (QED) is 0.401. The summed E-state index contributed by atoms with van der Waals surface area (Å²) in [7, 11) is 0. The summed E-state index contributed by atoms with van der Waals surface area (Å²) >= 11 is 0. The van der Waals surface area contributed by atoms with Gasteiger partial charge in [-0.25, -0.2) is 0 Å². The number of ether oxygens (including phenoxy) is 3. The molecule has 0 saturated carbocycles. The van der Waals surface area contributed by atoms with E-state index in [0.29, 0.717) is 19.3 Å². The van der Waals surface area contributed by atoms with Gasteiger partial charge in [-0.2, -0.15) is 0 Å². The largest absolute Gasteiger partial charge is 0.493 e. The summed E-state index contributed by atoms with van der Waals surface area (Å²) in [5.74, 6) is 1.71. The van der Waals surface area contributed by atoms with Crippen molar-refractivity contribution in [1.82, 2.24) is 0 Å². The van der Waals surface area contributed by atoms with E-state index in [9.17, 15) is 0 Å². The molecule has 0 bridgehead atoms. The van der Waals surface area contributed by atoms with Crippen LogP contribution in [0.5, 0.6) is 11.5 Å². The van der Waals surface area contributed by atoms with E-state index in [0.717, 1.165) is 24.5 Å². The third-order valence-corrected chi connectivity index (χ3v) is 2.25. The van der Waals surface area contributed by atoms with Crippen LogP contribution in [0, 0.1) is 0 Å². The summed E-state index contributed by atoms with van der Waals surface area (Å²) in [5.41, 5.74) is 0. The topological polar surface area (TPSA) is 31.0 Å². The molecule has 0 radical (unpaired) electrons. The number of hydrogen-bond donors (Lipinski definition) is 0. The highest BCUT2D eigenvalue weighted by Gasteiger charge is 2.22. The molecule has 3 nitrogen and oxygen atoms in total. The molecule has 0 amide bonds. The van der Waals surface area contributed by atoms with Gasteiger partial charge in [-0.3, -0.25) is 0 Å². The molecule has 0 N–H and O–H groups in total. The van der Waals surface area contributed by atoms with Crippen molar-refractivity contribution in [3.8, 4) is 11.5 Å². The molecule has 1 aromatic carbocycles. The van der Waals surface area contributed by atoms with Crippen molar-refractivity contribution >= 4 is 0 Å². The zero-order valence-electron chi connectivity index (χ0n) is 9.22. The average molecular weight is 220 g/mol. The van der Waals surface area contributed by atoms with Gasteiger partial charge in [-0.1, -0.05) is 6.08 Å². The van der Waals surface area contributed by atoms with Crippen LogP contribution >= 0.6 is 0 Å². The Balaban J connectivity index is 1.76. The average Bonchev–Trinajstić information content (AvgIpc) is 3.12. The van der Waals surface area contributed by atoms with Crippen molar-refractivity contribution in [2.24, 2.45) is 0 Å². The molecular formula is C13H16O3. The highest BCUT2D eigenvalue weighted by Crippen LogP contribution is 2.19. The first-order valence-electron chi connectivity index (χ1n) is 5.46. The Bertz CT molecular complexity index is 328. The molecule has 1 unspecified atom stereocenters. The minimum atomic E-state index is 0.295. The van der Waals surface area contributed by atoms with E-state index in [1.54, 1.807) is 0 Å². The number of epoxide rings is 1. The summed E-state index contributed by atoms with van der Waals surface area (Å²) in [6, 6.07) is 7.63. The fraction of sp³-hybridized carbons (Fsp3) is 0.385. The van der Waals surface area contributed by atoms with E-state index in [2.05, 4.69) is 6.58 Å². The van der Waals surface area contributed by atoms with Crippen molar-refractivity contribution < 1.29 is 14.2 Å². The monoisotopic (exact) mass is 220 g/mol. The van der Waals surface area contributed by atoms with E-state index in [1.807, 2.05) is 30.3 Å². The summed E-state index contributed by atoms with van der Waals surface area (Å²) in [6.45, 7) is 5.76. The third kappa shape index (κ3) is 3.59. The van der Waals surface area contributed by atoms with Gasteiger partial charge >= 0.3 is 0 Å². The Morgan fingerprint density at radius 2 is 1.88 bits per heavy atom. The minimum absolute atomic E-state index is 0.295. The molecule has 1 heterocycles. The Morgan fingerprint density at radius 3 is 2.44 bits per heavy atom. The first-order chi connectivity index (χ1) is 7.88. The van der Waals surface area contributed by atoms with Gasteiger partial charge in [0, 0.05) is 0 Å². The Morgan fingerprint density at radius 1 is 1.25 bits per heavy atom. The molecule has 0 aliphatic carbocycles. The Hall–Kier alpha value is -1.48. The Kier molecular flexibility index (Phi) is 3.83. The van der Waals surface area contributed by atoms with Crippen LogP contribution in [0.25, 0.3) is 0 Å². The molecule has 16 heavy (non-hydrogen) atoms. The molecular weight excluding hydrogens is 204 g/mol. The van der Waals surface area contributed by atoms with Crippen LogP contribution in [0.1, 0.15) is 6.42 Å². The third-order valence-electron chi connectivity index (χ3n) is 2.25. The molecule has 1 fully saturated rings. The van der Waals surface area contributed by atoms with Crippen LogP contribution in [0.15, 0.2) is 36.9 Å². The maximum absolute atomic E-state index is 5.51.